The molecule has 3 N–H and O–H groups in total. The van der Waals surface area contributed by atoms with Crippen molar-refractivity contribution in [1.82, 2.24) is 5.32 Å². The summed E-state index contributed by atoms with van der Waals surface area (Å²) in [6.45, 7) is 4.11. The zero-order valence-electron chi connectivity index (χ0n) is 11.4. The van der Waals surface area contributed by atoms with Gasteiger partial charge in [-0.15, -0.1) is 11.3 Å². The Morgan fingerprint density at radius 2 is 2.30 bits per heavy atom. The summed E-state index contributed by atoms with van der Waals surface area (Å²) in [5, 5.41) is 4.46. The van der Waals surface area contributed by atoms with Crippen molar-refractivity contribution in [2.75, 3.05) is 17.2 Å². The van der Waals surface area contributed by atoms with Crippen molar-refractivity contribution in [3.8, 4) is 0 Å². The smallest absolute Gasteiger partial charge is 0.263 e. The van der Waals surface area contributed by atoms with Crippen LogP contribution in [0.15, 0.2) is 18.2 Å². The quantitative estimate of drug-likeness (QED) is 0.872. The number of hydrogen-bond donors (Lipinski definition) is 2. The molecule has 1 heterocycles. The zero-order chi connectivity index (χ0) is 14.7. The minimum Gasteiger partial charge on any atom is -0.397 e. The van der Waals surface area contributed by atoms with E-state index in [1.807, 2.05) is 19.1 Å². The van der Waals surface area contributed by atoms with Crippen molar-refractivity contribution >= 4 is 56.4 Å². The molecule has 0 saturated carbocycles. The van der Waals surface area contributed by atoms with Gasteiger partial charge in [0.1, 0.15) is 4.88 Å². The van der Waals surface area contributed by atoms with Crippen molar-refractivity contribution in [2.45, 2.75) is 19.9 Å². The van der Waals surface area contributed by atoms with Gasteiger partial charge in [0.2, 0.25) is 0 Å². The topological polar surface area (TPSA) is 55.1 Å². The van der Waals surface area contributed by atoms with Crippen LogP contribution in [0.25, 0.3) is 10.1 Å². The van der Waals surface area contributed by atoms with Gasteiger partial charge in [-0.05, 0) is 30.9 Å². The summed E-state index contributed by atoms with van der Waals surface area (Å²) in [6.07, 6.45) is 0. The number of amides is 1. The highest BCUT2D eigenvalue weighted by molar-refractivity contribution is 7.99. The molecule has 0 saturated heterocycles. The van der Waals surface area contributed by atoms with Gasteiger partial charge in [0.05, 0.1) is 5.69 Å². The van der Waals surface area contributed by atoms with Crippen molar-refractivity contribution in [2.24, 2.45) is 0 Å². The standard InChI is InChI=1S/C14H17ClN2OS2/c1-3-19-7-8(2)17-14(18)13-12(16)10-6-9(15)4-5-11(10)20-13/h4-6,8H,3,7,16H2,1-2H3,(H,17,18). The van der Waals surface area contributed by atoms with Crippen molar-refractivity contribution in [1.29, 1.82) is 0 Å². The molecule has 6 heteroatoms. The fourth-order valence-corrected chi connectivity index (χ4v) is 3.73. The van der Waals surface area contributed by atoms with Crippen LogP contribution in [0.3, 0.4) is 0 Å². The molecule has 1 aromatic heterocycles. The highest BCUT2D eigenvalue weighted by Crippen LogP contribution is 2.35. The summed E-state index contributed by atoms with van der Waals surface area (Å²) >= 11 is 9.18. The second kappa shape index (κ2) is 6.70. The highest BCUT2D eigenvalue weighted by Gasteiger charge is 2.18. The van der Waals surface area contributed by atoms with Crippen LogP contribution in [0.2, 0.25) is 5.02 Å². The molecule has 0 spiro atoms. The average Bonchev–Trinajstić information content (AvgIpc) is 2.74. The summed E-state index contributed by atoms with van der Waals surface area (Å²) in [7, 11) is 0. The van der Waals surface area contributed by atoms with Gasteiger partial charge in [-0.25, -0.2) is 0 Å². The first-order valence-corrected chi connectivity index (χ1v) is 8.74. The van der Waals surface area contributed by atoms with Crippen LogP contribution in [0.5, 0.6) is 0 Å². The maximum absolute atomic E-state index is 12.3. The van der Waals surface area contributed by atoms with Gasteiger partial charge >= 0.3 is 0 Å². The molecule has 108 valence electrons. The zero-order valence-corrected chi connectivity index (χ0v) is 13.8. The number of halogens is 1. The van der Waals surface area contributed by atoms with Gasteiger partial charge in [-0.2, -0.15) is 11.8 Å². The largest absolute Gasteiger partial charge is 0.397 e. The maximum atomic E-state index is 12.3. The van der Waals surface area contributed by atoms with E-state index in [9.17, 15) is 4.79 Å². The molecule has 1 amide bonds. The molecule has 2 aromatic rings. The SMILES string of the molecule is CCSCC(C)NC(=O)c1sc2ccc(Cl)cc2c1N. The fraction of sp³-hybridized carbons (Fsp3) is 0.357. The number of rotatable bonds is 5. The van der Waals surface area contributed by atoms with E-state index < -0.39 is 0 Å². The first-order chi connectivity index (χ1) is 9.52. The van der Waals surface area contributed by atoms with Gasteiger partial charge in [0.15, 0.2) is 0 Å². The second-order valence-electron chi connectivity index (χ2n) is 4.52. The molecule has 1 atom stereocenters. The third-order valence-electron chi connectivity index (χ3n) is 2.84. The van der Waals surface area contributed by atoms with E-state index >= 15 is 0 Å². The number of carbonyl (C=O) groups is 1. The Balaban J connectivity index is 2.20. The van der Waals surface area contributed by atoms with Gasteiger partial charge in [-0.1, -0.05) is 18.5 Å². The van der Waals surface area contributed by atoms with Crippen LogP contribution in [-0.4, -0.2) is 23.5 Å². The highest BCUT2D eigenvalue weighted by atomic mass is 35.5. The van der Waals surface area contributed by atoms with E-state index in [2.05, 4.69) is 12.2 Å². The van der Waals surface area contributed by atoms with Gasteiger partial charge in [-0.3, -0.25) is 4.79 Å². The molecule has 2 rings (SSSR count). The van der Waals surface area contributed by atoms with Crippen LogP contribution in [-0.2, 0) is 0 Å². The number of thioether (sulfide) groups is 1. The molecule has 20 heavy (non-hydrogen) atoms. The lowest BCUT2D eigenvalue weighted by molar-refractivity contribution is 0.0948. The Labute approximate surface area is 131 Å². The number of carbonyl (C=O) groups excluding carboxylic acids is 1. The summed E-state index contributed by atoms with van der Waals surface area (Å²) in [6, 6.07) is 5.63. The molecule has 0 fully saturated rings. The first kappa shape index (κ1) is 15.5. The van der Waals surface area contributed by atoms with E-state index in [0.717, 1.165) is 21.6 Å². The number of anilines is 1. The van der Waals surface area contributed by atoms with Crippen LogP contribution < -0.4 is 11.1 Å². The van der Waals surface area contributed by atoms with Crippen LogP contribution in [0.1, 0.15) is 23.5 Å². The Bertz CT molecular complexity index is 627. The Kier molecular flexibility index (Phi) is 5.18. The number of fused-ring (bicyclic) bond motifs is 1. The van der Waals surface area contributed by atoms with Crippen molar-refractivity contribution < 1.29 is 4.79 Å². The molecule has 0 radical (unpaired) electrons. The monoisotopic (exact) mass is 328 g/mol. The third-order valence-corrected chi connectivity index (χ3v) is 5.41. The molecule has 0 bridgehead atoms. The predicted octanol–water partition coefficient (Wildman–Crippen LogP) is 4.01. The van der Waals surface area contributed by atoms with Crippen molar-refractivity contribution in [3.63, 3.8) is 0 Å². The Morgan fingerprint density at radius 3 is 3.00 bits per heavy atom. The molecular weight excluding hydrogens is 312 g/mol. The number of thiophene rings is 1. The van der Waals surface area contributed by atoms with Crippen molar-refractivity contribution in [3.05, 3.63) is 28.1 Å². The second-order valence-corrected chi connectivity index (χ2v) is 7.33. The molecular formula is C14H17ClN2OS2. The Hall–Kier alpha value is -0.910. The van der Waals surface area contributed by atoms with Crippen LogP contribution >= 0.6 is 34.7 Å². The van der Waals surface area contributed by atoms with Gasteiger partial charge in [0, 0.05) is 26.9 Å². The predicted molar refractivity (Wildman–Crippen MR) is 91.2 cm³/mol. The number of hydrogen-bond acceptors (Lipinski definition) is 4. The van der Waals surface area contributed by atoms with Crippen LogP contribution in [0.4, 0.5) is 5.69 Å². The lowest BCUT2D eigenvalue weighted by Gasteiger charge is -2.12. The summed E-state index contributed by atoms with van der Waals surface area (Å²) < 4.78 is 0.979. The lowest BCUT2D eigenvalue weighted by Crippen LogP contribution is -2.34. The molecule has 0 aliphatic heterocycles. The summed E-state index contributed by atoms with van der Waals surface area (Å²) in [5.41, 5.74) is 6.58. The van der Waals surface area contributed by atoms with E-state index in [0.29, 0.717) is 15.6 Å². The van der Waals surface area contributed by atoms with E-state index in [4.69, 9.17) is 17.3 Å². The maximum Gasteiger partial charge on any atom is 0.263 e. The molecule has 1 aromatic carbocycles. The summed E-state index contributed by atoms with van der Waals surface area (Å²) in [4.78, 5) is 12.8. The van der Waals surface area contributed by atoms with Gasteiger partial charge < -0.3 is 11.1 Å². The lowest BCUT2D eigenvalue weighted by atomic mass is 10.2. The molecule has 3 nitrogen and oxygen atoms in total. The Morgan fingerprint density at radius 1 is 1.55 bits per heavy atom. The van der Waals surface area contributed by atoms with Gasteiger partial charge in [0.25, 0.3) is 5.91 Å². The normalized spacial score (nSPS) is 12.6. The molecule has 1 unspecified atom stereocenters. The fourth-order valence-electron chi connectivity index (χ4n) is 1.88. The number of nitrogens with one attached hydrogen (secondary N) is 1. The molecule has 0 aliphatic carbocycles. The number of nitrogen functional groups attached to an aromatic ring is 1. The van der Waals surface area contributed by atoms with E-state index in [1.165, 1.54) is 11.3 Å². The van der Waals surface area contributed by atoms with Crippen LogP contribution in [0, 0.1) is 0 Å². The molecule has 0 aliphatic rings. The first-order valence-electron chi connectivity index (χ1n) is 6.39. The third kappa shape index (κ3) is 3.40. The minimum absolute atomic E-state index is 0.107. The number of benzene rings is 1. The number of nitrogens with two attached hydrogens (primary N) is 1. The van der Waals surface area contributed by atoms with E-state index in [-0.39, 0.29) is 11.9 Å². The van der Waals surface area contributed by atoms with E-state index in [1.54, 1.807) is 17.8 Å². The minimum atomic E-state index is -0.107. The summed E-state index contributed by atoms with van der Waals surface area (Å²) in [5.74, 6) is 1.84. The average molecular weight is 329 g/mol.